The van der Waals surface area contributed by atoms with E-state index in [2.05, 4.69) is 15.0 Å². The highest BCUT2D eigenvalue weighted by molar-refractivity contribution is 7.92. The zero-order chi connectivity index (χ0) is 39.1. The number of benzene rings is 2. The molecule has 0 saturated carbocycles. The highest BCUT2D eigenvalue weighted by Gasteiger charge is 2.47. The van der Waals surface area contributed by atoms with Crippen molar-refractivity contribution in [2.75, 3.05) is 36.7 Å². The van der Waals surface area contributed by atoms with Crippen LogP contribution >= 0.6 is 0 Å². The molecule has 3 aliphatic heterocycles. The number of amidine groups is 1. The van der Waals surface area contributed by atoms with Crippen LogP contribution in [0.1, 0.15) is 68.7 Å². The SMILES string of the molecule is Cc1cc(N(C2CCN(C(=O)OC(C)(C)C)CC2)S(C)(=O)=O)cc(C)c1C=CS(=O)(=O)N1CCC2(CC1)N=C(c1cccc(OC(F)(F)F)c1)NC2=O. The van der Waals surface area contributed by atoms with Crippen molar-refractivity contribution in [3.8, 4) is 5.75 Å². The fourth-order valence-electron chi connectivity index (χ4n) is 6.81. The molecule has 13 nitrogen and oxygen atoms in total. The molecule has 1 N–H and O–H groups in total. The lowest BCUT2D eigenvalue weighted by Crippen LogP contribution is -2.50. The van der Waals surface area contributed by atoms with Crippen LogP contribution in [0.2, 0.25) is 0 Å². The molecule has 2 saturated heterocycles. The minimum Gasteiger partial charge on any atom is -0.444 e. The maximum Gasteiger partial charge on any atom is 0.573 e. The van der Waals surface area contributed by atoms with Crippen LogP contribution in [0.15, 0.2) is 46.8 Å². The number of nitrogens with zero attached hydrogens (tertiary/aromatic N) is 4. The van der Waals surface area contributed by atoms with E-state index in [1.807, 2.05) is 0 Å². The van der Waals surface area contributed by atoms with Crippen molar-refractivity contribution in [3.05, 3.63) is 64.1 Å². The maximum absolute atomic E-state index is 13.4. The van der Waals surface area contributed by atoms with Crippen LogP contribution < -0.4 is 14.4 Å². The van der Waals surface area contributed by atoms with Crippen LogP contribution in [-0.2, 0) is 29.6 Å². The summed E-state index contributed by atoms with van der Waals surface area (Å²) >= 11 is 0. The Kier molecular flexibility index (Phi) is 11.0. The van der Waals surface area contributed by atoms with Crippen molar-refractivity contribution in [1.29, 1.82) is 0 Å². The smallest absolute Gasteiger partial charge is 0.444 e. The molecule has 18 heteroatoms. The Morgan fingerprint density at radius 3 is 2.15 bits per heavy atom. The minimum absolute atomic E-state index is 0.0267. The van der Waals surface area contributed by atoms with E-state index in [4.69, 9.17) is 4.74 Å². The van der Waals surface area contributed by atoms with Crippen molar-refractivity contribution in [3.63, 3.8) is 0 Å². The van der Waals surface area contributed by atoms with Crippen molar-refractivity contribution in [2.45, 2.75) is 83.8 Å². The molecule has 0 unspecified atom stereocenters. The molecule has 2 amide bonds. The normalized spacial score (nSPS) is 19.0. The zero-order valence-corrected chi connectivity index (χ0v) is 32.0. The van der Waals surface area contributed by atoms with Gasteiger partial charge >= 0.3 is 12.5 Å². The van der Waals surface area contributed by atoms with E-state index >= 15 is 0 Å². The van der Waals surface area contributed by atoms with Gasteiger partial charge in [0.1, 0.15) is 22.7 Å². The third-order valence-corrected chi connectivity index (χ3v) is 12.1. The molecular weight excluding hydrogens is 740 g/mol. The number of hydrogen-bond donors (Lipinski definition) is 1. The summed E-state index contributed by atoms with van der Waals surface area (Å²) in [5.74, 6) is -0.856. The molecule has 0 atom stereocenters. The summed E-state index contributed by atoms with van der Waals surface area (Å²) in [7, 11) is -7.69. The van der Waals surface area contributed by atoms with Crippen LogP contribution in [0, 0.1) is 13.8 Å². The lowest BCUT2D eigenvalue weighted by atomic mass is 9.89. The number of likely N-dealkylation sites (tertiary alicyclic amines) is 1. The number of anilines is 1. The van der Waals surface area contributed by atoms with Crippen LogP contribution in [0.25, 0.3) is 6.08 Å². The second kappa shape index (κ2) is 14.6. The quantitative estimate of drug-likeness (QED) is 0.389. The summed E-state index contributed by atoms with van der Waals surface area (Å²) in [5.41, 5.74) is 0.633. The first-order valence-electron chi connectivity index (χ1n) is 17.0. The van der Waals surface area contributed by atoms with Crippen LogP contribution in [0.5, 0.6) is 5.75 Å². The molecule has 5 rings (SSSR count). The van der Waals surface area contributed by atoms with Crippen molar-refractivity contribution in [2.24, 2.45) is 4.99 Å². The van der Waals surface area contributed by atoms with E-state index in [1.165, 1.54) is 26.8 Å². The monoisotopic (exact) mass is 783 g/mol. The van der Waals surface area contributed by atoms with E-state index in [9.17, 15) is 39.6 Å². The number of sulfonamides is 2. The number of nitrogens with one attached hydrogen (secondary N) is 1. The molecular formula is C35H44F3N5O8S2. The Balaban J connectivity index is 1.27. The molecule has 3 heterocycles. The average Bonchev–Trinajstić information content (AvgIpc) is 3.34. The summed E-state index contributed by atoms with van der Waals surface area (Å²) < 4.78 is 103. The number of amides is 2. The lowest BCUT2D eigenvalue weighted by Gasteiger charge is -2.39. The standard InChI is InChI=1S/C35H44F3N5O8S2/c1-23-20-27(43(52(6,46)47)26-10-15-41(16-11-26)32(45)51-33(3,4)5)21-24(2)29(23)12-19-53(48,49)42-17-13-34(14-18-42)31(44)39-30(40-34)25-8-7-9-28(22-25)50-35(36,37)38/h7-9,12,19-22,26H,10-11,13-18H2,1-6H3,(H,39,40,44). The Labute approximate surface area is 307 Å². The minimum atomic E-state index is -4.89. The second-order valence-corrected chi connectivity index (χ2v) is 18.2. The Bertz CT molecular complexity index is 2010. The number of aryl methyl sites for hydroxylation is 2. The molecule has 0 radical (unpaired) electrons. The Hall–Kier alpha value is -4.16. The van der Waals surface area contributed by atoms with Gasteiger partial charge in [-0.05, 0) is 107 Å². The molecule has 1 spiro atoms. The van der Waals surface area contributed by atoms with E-state index in [1.54, 1.807) is 51.7 Å². The fraction of sp³-hybridized carbons (Fsp3) is 0.514. The van der Waals surface area contributed by atoms with E-state index in [0.717, 1.165) is 23.8 Å². The first kappa shape index (κ1) is 40.0. The summed E-state index contributed by atoms with van der Waals surface area (Å²) in [6.45, 7) is 9.46. The highest BCUT2D eigenvalue weighted by atomic mass is 32.2. The number of hydrogen-bond acceptors (Lipinski definition) is 9. The van der Waals surface area contributed by atoms with Gasteiger partial charge in [0.25, 0.3) is 5.91 Å². The molecule has 2 aromatic carbocycles. The number of aliphatic imine (C=N–C) groups is 1. The predicted molar refractivity (Wildman–Crippen MR) is 193 cm³/mol. The molecule has 0 aliphatic carbocycles. The van der Waals surface area contributed by atoms with Gasteiger partial charge in [0.15, 0.2) is 0 Å². The molecule has 2 aromatic rings. The third kappa shape index (κ3) is 9.51. The number of carbonyl (C=O) groups is 2. The summed E-state index contributed by atoms with van der Waals surface area (Å²) in [6.07, 6.45) is -1.82. The van der Waals surface area contributed by atoms with Crippen LogP contribution in [0.4, 0.5) is 23.7 Å². The summed E-state index contributed by atoms with van der Waals surface area (Å²) in [6, 6.07) is 8.07. The van der Waals surface area contributed by atoms with Crippen LogP contribution in [-0.4, -0.2) is 99.9 Å². The van der Waals surface area contributed by atoms with Crippen molar-refractivity contribution in [1.82, 2.24) is 14.5 Å². The number of piperidine rings is 2. The topological polar surface area (TPSA) is 155 Å². The number of halogens is 3. The fourth-order valence-corrected chi connectivity index (χ4v) is 9.22. The van der Waals surface area contributed by atoms with Gasteiger partial charge in [-0.25, -0.2) is 21.6 Å². The number of carbonyl (C=O) groups excluding carboxylic acids is 2. The number of alkyl halides is 3. The van der Waals surface area contributed by atoms with Crippen molar-refractivity contribution < 1.29 is 49.1 Å². The van der Waals surface area contributed by atoms with Gasteiger partial charge < -0.3 is 19.7 Å². The molecule has 0 bridgehead atoms. The highest BCUT2D eigenvalue weighted by Crippen LogP contribution is 2.35. The van der Waals surface area contributed by atoms with Gasteiger partial charge in [-0.3, -0.25) is 14.1 Å². The van der Waals surface area contributed by atoms with Gasteiger partial charge in [0.05, 0.1) is 11.9 Å². The third-order valence-electron chi connectivity index (χ3n) is 9.28. The van der Waals surface area contributed by atoms with Crippen LogP contribution in [0.3, 0.4) is 0 Å². The van der Waals surface area contributed by atoms with Gasteiger partial charge in [-0.2, -0.15) is 4.31 Å². The van der Waals surface area contributed by atoms with Gasteiger partial charge in [0.2, 0.25) is 20.0 Å². The van der Waals surface area contributed by atoms with E-state index < -0.39 is 61.3 Å². The van der Waals surface area contributed by atoms with E-state index in [0.29, 0.717) is 48.3 Å². The second-order valence-electron chi connectivity index (χ2n) is 14.5. The lowest BCUT2D eigenvalue weighted by molar-refractivity contribution is -0.274. The summed E-state index contributed by atoms with van der Waals surface area (Å²) in [5, 5.41) is 3.70. The van der Waals surface area contributed by atoms with E-state index in [-0.39, 0.29) is 37.3 Å². The maximum atomic E-state index is 13.4. The molecule has 290 valence electrons. The molecule has 3 aliphatic rings. The number of ether oxygens (including phenoxy) is 2. The van der Waals surface area contributed by atoms with Gasteiger partial charge in [-0.15, -0.1) is 13.2 Å². The van der Waals surface area contributed by atoms with Crippen molar-refractivity contribution >= 4 is 49.6 Å². The Morgan fingerprint density at radius 1 is 1.00 bits per heavy atom. The Morgan fingerprint density at radius 2 is 1.60 bits per heavy atom. The molecule has 0 aromatic heterocycles. The number of rotatable bonds is 8. The largest absolute Gasteiger partial charge is 0.573 e. The molecule has 53 heavy (non-hydrogen) atoms. The first-order chi connectivity index (χ1) is 24.5. The average molecular weight is 784 g/mol. The van der Waals surface area contributed by atoms with Gasteiger partial charge in [-0.1, -0.05) is 12.1 Å². The summed E-state index contributed by atoms with van der Waals surface area (Å²) in [4.78, 5) is 31.7. The zero-order valence-electron chi connectivity index (χ0n) is 30.4. The first-order valence-corrected chi connectivity index (χ1v) is 20.4. The predicted octanol–water partition coefficient (Wildman–Crippen LogP) is 5.08. The molecule has 2 fully saturated rings. The van der Waals surface area contributed by atoms with Gasteiger partial charge in [0, 0.05) is 43.2 Å².